The van der Waals surface area contributed by atoms with Crippen LogP contribution in [0.25, 0.3) is 17.1 Å². The van der Waals surface area contributed by atoms with Gasteiger partial charge in [0.1, 0.15) is 17.4 Å². The fraction of sp³-hybridized carbons (Fsp3) is 0.0556. The Morgan fingerprint density at radius 3 is 2.78 bits per heavy atom. The van der Waals surface area contributed by atoms with Gasteiger partial charge in [-0.1, -0.05) is 47.7 Å². The maximum atomic E-state index is 10.9. The molecule has 0 saturated heterocycles. The second kappa shape index (κ2) is 7.34. The molecule has 134 valence electrons. The summed E-state index contributed by atoms with van der Waals surface area (Å²) >= 11 is 1.37. The van der Waals surface area contributed by atoms with E-state index < -0.39 is 4.92 Å². The van der Waals surface area contributed by atoms with Gasteiger partial charge in [0, 0.05) is 12.1 Å². The number of benzene rings is 2. The Hall–Kier alpha value is -3.59. The molecule has 0 spiro atoms. The van der Waals surface area contributed by atoms with E-state index in [-0.39, 0.29) is 12.3 Å². The van der Waals surface area contributed by atoms with Gasteiger partial charge in [-0.3, -0.25) is 10.1 Å². The zero-order valence-electron chi connectivity index (χ0n) is 13.9. The van der Waals surface area contributed by atoms with Gasteiger partial charge >= 0.3 is 0 Å². The molecule has 0 amide bonds. The number of hydrogen-bond acceptors (Lipinski definition) is 7. The molecule has 0 atom stereocenters. The predicted octanol–water partition coefficient (Wildman–Crippen LogP) is 3.84. The summed E-state index contributed by atoms with van der Waals surface area (Å²) in [5, 5.41) is 24.2. The lowest BCUT2D eigenvalue weighted by Crippen LogP contribution is -2.02. The summed E-state index contributed by atoms with van der Waals surface area (Å²) in [5.74, 6) is 1.34. The molecule has 2 aromatic carbocycles. The van der Waals surface area contributed by atoms with Gasteiger partial charge in [0.15, 0.2) is 5.82 Å². The smallest absolute Gasteiger partial charge is 0.270 e. The van der Waals surface area contributed by atoms with Crippen molar-refractivity contribution in [1.29, 1.82) is 0 Å². The first kappa shape index (κ1) is 16.9. The van der Waals surface area contributed by atoms with Crippen LogP contribution in [0.15, 0.2) is 54.6 Å². The van der Waals surface area contributed by atoms with E-state index in [1.54, 1.807) is 28.8 Å². The quantitative estimate of drug-likeness (QED) is 0.373. The van der Waals surface area contributed by atoms with Crippen LogP contribution in [0, 0.1) is 10.1 Å². The molecule has 2 aromatic heterocycles. The first-order chi connectivity index (χ1) is 13.2. The summed E-state index contributed by atoms with van der Waals surface area (Å²) in [6.07, 6.45) is 3.57. The van der Waals surface area contributed by atoms with Crippen molar-refractivity contribution >= 4 is 34.1 Å². The molecule has 0 aliphatic rings. The van der Waals surface area contributed by atoms with Crippen molar-refractivity contribution in [3.8, 4) is 5.75 Å². The number of aromatic nitrogens is 4. The van der Waals surface area contributed by atoms with E-state index in [0.717, 1.165) is 11.3 Å². The van der Waals surface area contributed by atoms with Crippen molar-refractivity contribution < 1.29 is 9.66 Å². The van der Waals surface area contributed by atoms with Crippen molar-refractivity contribution in [2.45, 2.75) is 6.61 Å². The minimum absolute atomic E-state index is 0.0515. The van der Waals surface area contributed by atoms with Crippen LogP contribution in [0.1, 0.15) is 16.4 Å². The molecule has 0 unspecified atom stereocenters. The van der Waals surface area contributed by atoms with Gasteiger partial charge in [-0.25, -0.2) is 0 Å². The molecule has 9 heteroatoms. The predicted molar refractivity (Wildman–Crippen MR) is 101 cm³/mol. The Morgan fingerprint density at radius 2 is 1.96 bits per heavy atom. The van der Waals surface area contributed by atoms with Crippen LogP contribution in [-0.2, 0) is 6.61 Å². The highest BCUT2D eigenvalue weighted by molar-refractivity contribution is 7.17. The van der Waals surface area contributed by atoms with Gasteiger partial charge in [0.2, 0.25) is 4.96 Å². The van der Waals surface area contributed by atoms with Crippen LogP contribution >= 0.6 is 11.3 Å². The fourth-order valence-electron chi connectivity index (χ4n) is 2.40. The number of nitrogens with zero attached hydrogens (tertiary/aromatic N) is 5. The zero-order valence-corrected chi connectivity index (χ0v) is 14.7. The number of non-ortho nitro benzene ring substituents is 1. The van der Waals surface area contributed by atoms with Gasteiger partial charge in [0.05, 0.1) is 4.92 Å². The highest BCUT2D eigenvalue weighted by Gasteiger charge is 2.11. The SMILES string of the molecule is O=[N+]([O-])c1cccc(/C=C/c2nn3c(COc4ccccc4)nnc3s2)c1. The van der Waals surface area contributed by atoms with Crippen molar-refractivity contribution in [2.24, 2.45) is 0 Å². The first-order valence-corrected chi connectivity index (χ1v) is 8.82. The van der Waals surface area contributed by atoms with Crippen LogP contribution in [0.5, 0.6) is 5.75 Å². The largest absolute Gasteiger partial charge is 0.486 e. The Kier molecular flexibility index (Phi) is 4.58. The number of ether oxygens (including phenoxy) is 1. The zero-order chi connectivity index (χ0) is 18.6. The fourth-order valence-corrected chi connectivity index (χ4v) is 3.16. The lowest BCUT2D eigenvalue weighted by molar-refractivity contribution is -0.384. The molecule has 27 heavy (non-hydrogen) atoms. The average Bonchev–Trinajstić information content (AvgIpc) is 3.26. The number of nitro benzene ring substituents is 1. The molecule has 0 N–H and O–H groups in total. The number of nitro groups is 1. The van der Waals surface area contributed by atoms with Gasteiger partial charge in [0.25, 0.3) is 5.69 Å². The Bertz CT molecular complexity index is 1120. The standard InChI is InChI=1S/C18H13N5O3S/c24-23(25)14-6-4-5-13(11-14)9-10-17-21-22-16(19-20-18(22)27-17)12-26-15-7-2-1-3-8-15/h1-11H,12H2/b10-9+. The van der Waals surface area contributed by atoms with Crippen LogP contribution < -0.4 is 4.74 Å². The normalized spacial score (nSPS) is 11.3. The molecule has 0 aliphatic carbocycles. The van der Waals surface area contributed by atoms with E-state index in [0.29, 0.717) is 15.8 Å². The molecular weight excluding hydrogens is 366 g/mol. The molecule has 0 aliphatic heterocycles. The highest BCUT2D eigenvalue weighted by Crippen LogP contribution is 2.19. The summed E-state index contributed by atoms with van der Waals surface area (Å²) in [4.78, 5) is 11.1. The molecule has 4 aromatic rings. The van der Waals surface area contributed by atoms with Crippen molar-refractivity contribution in [2.75, 3.05) is 0 Å². The third-order valence-electron chi connectivity index (χ3n) is 3.68. The summed E-state index contributed by atoms with van der Waals surface area (Å²) in [5.41, 5.74) is 0.776. The Labute approximate surface area is 157 Å². The third kappa shape index (κ3) is 3.82. The minimum atomic E-state index is -0.417. The minimum Gasteiger partial charge on any atom is -0.486 e. The number of hydrogen-bond donors (Lipinski definition) is 0. The topological polar surface area (TPSA) is 95.5 Å². The van der Waals surface area contributed by atoms with Gasteiger partial charge < -0.3 is 4.74 Å². The van der Waals surface area contributed by atoms with E-state index in [9.17, 15) is 10.1 Å². The average molecular weight is 379 g/mol. The van der Waals surface area contributed by atoms with E-state index >= 15 is 0 Å². The van der Waals surface area contributed by atoms with Crippen LogP contribution in [0.4, 0.5) is 5.69 Å². The van der Waals surface area contributed by atoms with E-state index in [1.807, 2.05) is 30.3 Å². The van der Waals surface area contributed by atoms with Crippen molar-refractivity contribution in [3.63, 3.8) is 0 Å². The highest BCUT2D eigenvalue weighted by atomic mass is 32.1. The molecule has 0 saturated carbocycles. The molecular formula is C18H13N5O3S. The van der Waals surface area contributed by atoms with Crippen molar-refractivity contribution in [3.05, 3.63) is 81.1 Å². The molecule has 0 bridgehead atoms. The van der Waals surface area contributed by atoms with E-state index in [1.165, 1.54) is 23.5 Å². The lowest BCUT2D eigenvalue weighted by atomic mass is 10.2. The molecule has 2 heterocycles. The molecule has 0 radical (unpaired) electrons. The Balaban J connectivity index is 1.51. The number of fused-ring (bicyclic) bond motifs is 1. The number of rotatable bonds is 6. The molecule has 0 fully saturated rings. The summed E-state index contributed by atoms with van der Waals surface area (Å²) in [6, 6.07) is 15.9. The number of para-hydroxylation sites is 1. The van der Waals surface area contributed by atoms with Crippen LogP contribution in [0.2, 0.25) is 0 Å². The third-order valence-corrected chi connectivity index (χ3v) is 4.55. The molecule has 4 rings (SSSR count). The Morgan fingerprint density at radius 1 is 1.11 bits per heavy atom. The second-order valence-corrected chi connectivity index (χ2v) is 6.53. The van der Waals surface area contributed by atoms with Gasteiger partial charge in [-0.05, 0) is 23.8 Å². The summed E-state index contributed by atoms with van der Waals surface area (Å²) in [6.45, 7) is 0.253. The van der Waals surface area contributed by atoms with Crippen LogP contribution in [0.3, 0.4) is 0 Å². The maximum absolute atomic E-state index is 10.9. The molecule has 8 nitrogen and oxygen atoms in total. The summed E-state index contributed by atoms with van der Waals surface area (Å²) in [7, 11) is 0. The maximum Gasteiger partial charge on any atom is 0.270 e. The second-order valence-electron chi connectivity index (χ2n) is 5.54. The van der Waals surface area contributed by atoms with E-state index in [2.05, 4.69) is 15.3 Å². The first-order valence-electron chi connectivity index (χ1n) is 8.00. The monoisotopic (exact) mass is 379 g/mol. The van der Waals surface area contributed by atoms with Gasteiger partial charge in [-0.2, -0.15) is 9.61 Å². The van der Waals surface area contributed by atoms with Crippen molar-refractivity contribution in [1.82, 2.24) is 19.8 Å². The lowest BCUT2D eigenvalue weighted by Gasteiger charge is -2.02. The van der Waals surface area contributed by atoms with Gasteiger partial charge in [-0.15, -0.1) is 10.2 Å². The van der Waals surface area contributed by atoms with E-state index in [4.69, 9.17) is 4.74 Å². The van der Waals surface area contributed by atoms with Crippen LogP contribution in [-0.4, -0.2) is 24.7 Å². The summed E-state index contributed by atoms with van der Waals surface area (Å²) < 4.78 is 7.33.